The molecule has 0 aliphatic carbocycles. The molecular weight excluding hydrogens is 383 g/mol. The van der Waals surface area contributed by atoms with Gasteiger partial charge in [0.25, 0.3) is 10.0 Å². The minimum absolute atomic E-state index is 0.0292. The van der Waals surface area contributed by atoms with Crippen molar-refractivity contribution in [3.05, 3.63) is 57.0 Å². The highest BCUT2D eigenvalue weighted by molar-refractivity contribution is 7.90. The molecule has 0 bridgehead atoms. The number of benzene rings is 2. The zero-order chi connectivity index (χ0) is 17.2. The second-order valence-corrected chi connectivity index (χ2v) is 7.52. The van der Waals surface area contributed by atoms with Crippen molar-refractivity contribution in [1.29, 1.82) is 0 Å². The largest absolute Gasteiger partial charge is 0.333 e. The van der Waals surface area contributed by atoms with Crippen molar-refractivity contribution in [2.24, 2.45) is 0 Å². The van der Waals surface area contributed by atoms with Crippen molar-refractivity contribution in [3.8, 4) is 0 Å². The number of carbonyl (C=O) groups excluding carboxylic acids is 1. The van der Waals surface area contributed by atoms with Crippen molar-refractivity contribution >= 4 is 56.5 Å². The summed E-state index contributed by atoms with van der Waals surface area (Å²) in [6.07, 6.45) is 0. The molecule has 5 nitrogen and oxygen atoms in total. The molecule has 2 amide bonds. The number of hydrogen-bond donors (Lipinski definition) is 2. The van der Waals surface area contributed by atoms with Gasteiger partial charge in [-0.05, 0) is 31.2 Å². The van der Waals surface area contributed by atoms with Crippen LogP contribution in [-0.2, 0) is 10.0 Å². The Morgan fingerprint density at radius 2 is 1.52 bits per heavy atom. The number of nitrogens with one attached hydrogen (secondary N) is 2. The van der Waals surface area contributed by atoms with Gasteiger partial charge in [-0.15, -0.1) is 0 Å². The molecule has 0 aliphatic heterocycles. The van der Waals surface area contributed by atoms with E-state index >= 15 is 0 Å². The molecule has 2 aromatic rings. The van der Waals surface area contributed by atoms with Crippen molar-refractivity contribution in [2.45, 2.75) is 11.8 Å². The smallest absolute Gasteiger partial charge is 0.306 e. The van der Waals surface area contributed by atoms with Crippen molar-refractivity contribution in [1.82, 2.24) is 4.72 Å². The molecule has 0 saturated heterocycles. The van der Waals surface area contributed by atoms with Crippen LogP contribution in [0.3, 0.4) is 0 Å². The van der Waals surface area contributed by atoms with Crippen LogP contribution in [-0.4, -0.2) is 14.4 Å². The third-order valence-electron chi connectivity index (χ3n) is 2.82. The van der Waals surface area contributed by atoms with Crippen LogP contribution in [0.2, 0.25) is 15.1 Å². The molecule has 9 heteroatoms. The second-order valence-electron chi connectivity index (χ2n) is 4.62. The molecule has 0 atom stereocenters. The molecular formula is C14H11Cl3N2O3S. The van der Waals surface area contributed by atoms with Crippen LogP contribution in [0, 0.1) is 6.92 Å². The fraction of sp³-hybridized carbons (Fsp3) is 0.0714. The van der Waals surface area contributed by atoms with Crippen LogP contribution < -0.4 is 10.0 Å². The van der Waals surface area contributed by atoms with E-state index in [0.717, 1.165) is 5.56 Å². The Kier molecular flexibility index (Phi) is 5.41. The Balaban J connectivity index is 2.16. The first-order valence-electron chi connectivity index (χ1n) is 6.24. The monoisotopic (exact) mass is 392 g/mol. The van der Waals surface area contributed by atoms with E-state index in [1.165, 1.54) is 24.3 Å². The fourth-order valence-corrected chi connectivity index (χ4v) is 3.17. The van der Waals surface area contributed by atoms with Gasteiger partial charge < -0.3 is 5.32 Å². The molecule has 0 heterocycles. The zero-order valence-corrected chi connectivity index (χ0v) is 14.8. The molecule has 0 unspecified atom stereocenters. The highest BCUT2D eigenvalue weighted by Gasteiger charge is 2.18. The molecule has 23 heavy (non-hydrogen) atoms. The molecule has 0 spiro atoms. The van der Waals surface area contributed by atoms with Gasteiger partial charge in [-0.3, -0.25) is 0 Å². The van der Waals surface area contributed by atoms with E-state index in [0.29, 0.717) is 0 Å². The van der Waals surface area contributed by atoms with Gasteiger partial charge in [-0.2, -0.15) is 0 Å². The van der Waals surface area contributed by atoms with E-state index < -0.39 is 16.1 Å². The van der Waals surface area contributed by atoms with Crippen molar-refractivity contribution < 1.29 is 13.2 Å². The van der Waals surface area contributed by atoms with Crippen LogP contribution in [0.25, 0.3) is 0 Å². The summed E-state index contributed by atoms with van der Waals surface area (Å²) in [5.74, 6) is 0. The third kappa shape index (κ3) is 4.51. The fourth-order valence-electron chi connectivity index (χ4n) is 1.66. The summed E-state index contributed by atoms with van der Waals surface area (Å²) in [4.78, 5) is 11.9. The molecule has 0 aliphatic rings. The molecule has 0 fully saturated rings. The minimum Gasteiger partial charge on any atom is -0.306 e. The van der Waals surface area contributed by atoms with Crippen LogP contribution in [0.5, 0.6) is 0 Å². The Morgan fingerprint density at radius 3 is 2.13 bits per heavy atom. The number of halogens is 3. The average Bonchev–Trinajstić information content (AvgIpc) is 2.44. The summed E-state index contributed by atoms with van der Waals surface area (Å²) in [5.41, 5.74) is 1.04. The Hall–Kier alpha value is -1.47. The number of sulfonamides is 1. The van der Waals surface area contributed by atoms with Crippen molar-refractivity contribution in [3.63, 3.8) is 0 Å². The maximum absolute atomic E-state index is 12.1. The van der Waals surface area contributed by atoms with Gasteiger partial charge in [0.2, 0.25) is 0 Å². The Morgan fingerprint density at radius 1 is 0.957 bits per heavy atom. The number of rotatable bonds is 3. The summed E-state index contributed by atoms with van der Waals surface area (Å²) in [7, 11) is -3.99. The van der Waals surface area contributed by atoms with Gasteiger partial charge in [0, 0.05) is 0 Å². The molecule has 2 aromatic carbocycles. The van der Waals surface area contributed by atoms with Gasteiger partial charge >= 0.3 is 6.03 Å². The first-order valence-corrected chi connectivity index (χ1v) is 8.86. The number of hydrogen-bond acceptors (Lipinski definition) is 3. The summed E-state index contributed by atoms with van der Waals surface area (Å²) in [5, 5.41) is 2.83. The van der Waals surface area contributed by atoms with Crippen LogP contribution >= 0.6 is 34.8 Å². The van der Waals surface area contributed by atoms with Crippen LogP contribution in [0.1, 0.15) is 5.56 Å². The van der Waals surface area contributed by atoms with E-state index in [1.807, 2.05) is 11.6 Å². The second kappa shape index (κ2) is 6.97. The van der Waals surface area contributed by atoms with Gasteiger partial charge in [-0.25, -0.2) is 17.9 Å². The molecule has 0 radical (unpaired) electrons. The van der Waals surface area contributed by atoms with E-state index in [2.05, 4.69) is 5.32 Å². The molecule has 122 valence electrons. The molecule has 2 N–H and O–H groups in total. The van der Waals surface area contributed by atoms with Crippen LogP contribution in [0.15, 0.2) is 41.3 Å². The lowest BCUT2D eigenvalue weighted by Crippen LogP contribution is -2.34. The van der Waals surface area contributed by atoms with E-state index in [9.17, 15) is 13.2 Å². The summed E-state index contributed by atoms with van der Waals surface area (Å²) < 4.78 is 26.1. The topological polar surface area (TPSA) is 75.3 Å². The summed E-state index contributed by atoms with van der Waals surface area (Å²) in [6, 6.07) is 7.75. The normalized spacial score (nSPS) is 11.1. The predicted octanol–water partition coefficient (Wildman–Crippen LogP) is 4.47. The van der Waals surface area contributed by atoms with E-state index in [1.54, 1.807) is 12.1 Å². The number of aryl methyl sites for hydroxylation is 1. The average molecular weight is 394 g/mol. The number of amides is 2. The lowest BCUT2D eigenvalue weighted by atomic mass is 10.2. The highest BCUT2D eigenvalue weighted by Crippen LogP contribution is 2.32. The quantitative estimate of drug-likeness (QED) is 0.756. The molecule has 0 aromatic heterocycles. The molecule has 0 saturated carbocycles. The predicted molar refractivity (Wildman–Crippen MR) is 92.0 cm³/mol. The maximum Gasteiger partial charge on any atom is 0.333 e. The lowest BCUT2D eigenvalue weighted by molar-refractivity contribution is 0.256. The highest BCUT2D eigenvalue weighted by atomic mass is 35.5. The lowest BCUT2D eigenvalue weighted by Gasteiger charge is -2.11. The minimum atomic E-state index is -3.99. The Labute approximate surface area is 148 Å². The summed E-state index contributed by atoms with van der Waals surface area (Å²) in [6.45, 7) is 1.82. The SMILES string of the molecule is Cc1ccc(S(=O)(=O)NC(=O)Nc2cc(Cl)c(Cl)cc2Cl)cc1. The zero-order valence-electron chi connectivity index (χ0n) is 11.7. The first-order chi connectivity index (χ1) is 10.7. The molecule has 2 rings (SSSR count). The number of anilines is 1. The van der Waals surface area contributed by atoms with Gasteiger partial charge in [-0.1, -0.05) is 52.5 Å². The summed E-state index contributed by atoms with van der Waals surface area (Å²) >= 11 is 17.5. The third-order valence-corrected chi connectivity index (χ3v) is 5.20. The maximum atomic E-state index is 12.1. The van der Waals surface area contributed by atoms with Crippen molar-refractivity contribution in [2.75, 3.05) is 5.32 Å². The Bertz CT molecular complexity index is 852. The number of carbonyl (C=O) groups is 1. The van der Waals surface area contributed by atoms with Gasteiger partial charge in [0.15, 0.2) is 0 Å². The standard InChI is InChI=1S/C14H11Cl3N2O3S/c1-8-2-4-9(5-3-8)23(21,22)19-14(20)18-13-7-11(16)10(15)6-12(13)17/h2-7H,1H3,(H2,18,19,20). The first kappa shape index (κ1) is 17.9. The van der Waals surface area contributed by atoms with E-state index in [-0.39, 0.29) is 25.7 Å². The number of urea groups is 1. The van der Waals surface area contributed by atoms with Gasteiger partial charge in [0.1, 0.15) is 0 Å². The van der Waals surface area contributed by atoms with Gasteiger partial charge in [0.05, 0.1) is 25.7 Å². The van der Waals surface area contributed by atoms with Crippen LogP contribution in [0.4, 0.5) is 10.5 Å². The van der Waals surface area contributed by atoms with E-state index in [4.69, 9.17) is 34.8 Å².